The van der Waals surface area contributed by atoms with Crippen LogP contribution < -0.4 is 10.9 Å². The van der Waals surface area contributed by atoms with Crippen molar-refractivity contribution in [3.05, 3.63) is 54.7 Å². The molecule has 84 valence electrons. The number of halogens is 1. The van der Waals surface area contributed by atoms with Crippen LogP contribution in [0.3, 0.4) is 0 Å². The average Bonchev–Trinajstić information content (AvgIpc) is 2.44. The molecule has 1 aromatic heterocycles. The van der Waals surface area contributed by atoms with Crippen molar-refractivity contribution < 1.29 is 0 Å². The summed E-state index contributed by atoms with van der Waals surface area (Å²) in [5.74, 6) is 0. The summed E-state index contributed by atoms with van der Waals surface area (Å²) in [6, 6.07) is 17.0. The van der Waals surface area contributed by atoms with Gasteiger partial charge in [-0.15, -0.1) is 15.8 Å². The predicted molar refractivity (Wildman–Crippen MR) is 81.1 cm³/mol. The highest BCUT2D eigenvalue weighted by molar-refractivity contribution is 9.25. The molecule has 18 heavy (non-hydrogen) atoms. The van der Waals surface area contributed by atoms with E-state index in [4.69, 9.17) is 0 Å². The zero-order valence-corrected chi connectivity index (χ0v) is 11.2. The van der Waals surface area contributed by atoms with Crippen molar-refractivity contribution in [3.63, 3.8) is 0 Å². The second-order valence-electron chi connectivity index (χ2n) is 4.55. The molecular formula is C15H9BBrN. The first-order valence-corrected chi connectivity index (χ1v) is 6.89. The van der Waals surface area contributed by atoms with Gasteiger partial charge in [-0.2, -0.15) is 0 Å². The lowest BCUT2D eigenvalue weighted by Gasteiger charge is -2.22. The minimum absolute atomic E-state index is 0.258. The smallest absolute Gasteiger partial charge is 0.256 e. The molecule has 2 heterocycles. The molecule has 0 spiro atoms. The maximum Gasteiger partial charge on any atom is 0.288 e. The Hall–Kier alpha value is -1.61. The Morgan fingerprint density at radius 2 is 1.67 bits per heavy atom. The van der Waals surface area contributed by atoms with Crippen LogP contribution >= 0.6 is 15.8 Å². The van der Waals surface area contributed by atoms with E-state index in [0.717, 1.165) is 5.52 Å². The summed E-state index contributed by atoms with van der Waals surface area (Å²) in [6.45, 7) is 0. The van der Waals surface area contributed by atoms with Crippen molar-refractivity contribution in [1.29, 1.82) is 0 Å². The predicted octanol–water partition coefficient (Wildman–Crippen LogP) is 2.72. The number of nitrogens with zero attached hydrogens (tertiary/aromatic N) is 1. The van der Waals surface area contributed by atoms with Gasteiger partial charge in [0.15, 0.2) is 0 Å². The maximum absolute atomic E-state index is 4.47. The number of hydrogen-bond donors (Lipinski definition) is 0. The summed E-state index contributed by atoms with van der Waals surface area (Å²) in [4.78, 5) is 4.47. The molecule has 1 aliphatic heterocycles. The van der Waals surface area contributed by atoms with Gasteiger partial charge in [-0.1, -0.05) is 47.3 Å². The Morgan fingerprint density at radius 1 is 0.833 bits per heavy atom. The lowest BCUT2D eigenvalue weighted by molar-refractivity contribution is 1.41. The molecule has 0 saturated heterocycles. The lowest BCUT2D eigenvalue weighted by Crippen LogP contribution is -2.41. The van der Waals surface area contributed by atoms with E-state index < -0.39 is 0 Å². The molecule has 0 N–H and O–H groups in total. The van der Waals surface area contributed by atoms with Gasteiger partial charge in [0.25, 0.3) is 5.54 Å². The van der Waals surface area contributed by atoms with E-state index >= 15 is 0 Å². The fraction of sp³-hybridized carbons (Fsp3) is 0. The van der Waals surface area contributed by atoms with Crippen LogP contribution in [0, 0.1) is 0 Å². The van der Waals surface area contributed by atoms with Crippen LogP contribution in [0.25, 0.3) is 22.0 Å². The Labute approximate surface area is 114 Å². The Bertz CT molecular complexity index is 764. The summed E-state index contributed by atoms with van der Waals surface area (Å²) in [6.07, 6.45) is 1.90. The second-order valence-corrected chi connectivity index (χ2v) is 5.47. The van der Waals surface area contributed by atoms with Gasteiger partial charge in [-0.25, -0.2) is 0 Å². The lowest BCUT2D eigenvalue weighted by atomic mass is 9.56. The third-order valence-electron chi connectivity index (χ3n) is 3.60. The molecule has 0 unspecified atom stereocenters. The summed E-state index contributed by atoms with van der Waals surface area (Å²) >= 11 is 3.82. The quantitative estimate of drug-likeness (QED) is 0.581. The van der Waals surface area contributed by atoms with E-state index in [1.807, 2.05) is 6.20 Å². The molecule has 0 radical (unpaired) electrons. The van der Waals surface area contributed by atoms with Gasteiger partial charge < -0.3 is 0 Å². The first kappa shape index (κ1) is 10.3. The average molecular weight is 294 g/mol. The van der Waals surface area contributed by atoms with Gasteiger partial charge >= 0.3 is 0 Å². The Morgan fingerprint density at radius 3 is 2.61 bits per heavy atom. The molecule has 3 heteroatoms. The van der Waals surface area contributed by atoms with Crippen molar-refractivity contribution in [1.82, 2.24) is 4.98 Å². The van der Waals surface area contributed by atoms with Crippen molar-refractivity contribution in [3.8, 4) is 11.1 Å². The zero-order valence-electron chi connectivity index (χ0n) is 9.60. The monoisotopic (exact) mass is 293 g/mol. The fourth-order valence-electron chi connectivity index (χ4n) is 2.80. The molecule has 0 aliphatic carbocycles. The molecule has 3 aromatic rings. The fourth-order valence-corrected chi connectivity index (χ4v) is 3.58. The first-order chi connectivity index (χ1) is 8.86. The van der Waals surface area contributed by atoms with Crippen molar-refractivity contribution >= 4 is 43.1 Å². The standard InChI is InChI=1S/C15H9BBrN/c17-16-12-5-2-1-4-10(12)11-8-9-18-14-7-3-6-13(16)15(11)14/h1-9H. The highest BCUT2D eigenvalue weighted by Gasteiger charge is 2.27. The van der Waals surface area contributed by atoms with Crippen LogP contribution in [0.15, 0.2) is 54.7 Å². The topological polar surface area (TPSA) is 12.9 Å². The van der Waals surface area contributed by atoms with Gasteiger partial charge in [0.2, 0.25) is 0 Å². The van der Waals surface area contributed by atoms with Crippen LogP contribution in [-0.2, 0) is 0 Å². The molecule has 1 aliphatic rings. The molecule has 0 atom stereocenters. The van der Waals surface area contributed by atoms with Gasteiger partial charge in [0.05, 0.1) is 5.52 Å². The Balaban J connectivity index is 2.24. The van der Waals surface area contributed by atoms with Crippen LogP contribution in [0.5, 0.6) is 0 Å². The molecule has 0 bridgehead atoms. The summed E-state index contributed by atoms with van der Waals surface area (Å²) in [5, 5.41) is 1.28. The van der Waals surface area contributed by atoms with E-state index in [1.54, 1.807) is 0 Å². The van der Waals surface area contributed by atoms with E-state index in [1.165, 1.54) is 27.4 Å². The summed E-state index contributed by atoms with van der Waals surface area (Å²) in [7, 11) is 0. The maximum atomic E-state index is 4.47. The SMILES string of the molecule is BrB1c2ccccc2-c2ccnc3cccc1c23. The van der Waals surface area contributed by atoms with Gasteiger partial charge in [-0.05, 0) is 23.3 Å². The second kappa shape index (κ2) is 3.69. The molecule has 0 amide bonds. The van der Waals surface area contributed by atoms with Crippen LogP contribution in [-0.4, -0.2) is 10.5 Å². The largest absolute Gasteiger partial charge is 0.288 e. The zero-order chi connectivity index (χ0) is 12.1. The van der Waals surface area contributed by atoms with E-state index in [2.05, 4.69) is 69.3 Å². The molecule has 1 nitrogen and oxygen atoms in total. The van der Waals surface area contributed by atoms with Crippen molar-refractivity contribution in [2.24, 2.45) is 0 Å². The first-order valence-electron chi connectivity index (χ1n) is 5.97. The van der Waals surface area contributed by atoms with Gasteiger partial charge in [0.1, 0.15) is 0 Å². The van der Waals surface area contributed by atoms with Crippen molar-refractivity contribution in [2.45, 2.75) is 0 Å². The van der Waals surface area contributed by atoms with E-state index in [-0.39, 0.29) is 5.54 Å². The minimum atomic E-state index is 0.258. The minimum Gasteiger partial charge on any atom is -0.256 e. The van der Waals surface area contributed by atoms with Crippen LogP contribution in [0.2, 0.25) is 0 Å². The number of fused-ring (bicyclic) bond motifs is 2. The van der Waals surface area contributed by atoms with Crippen molar-refractivity contribution in [2.75, 3.05) is 0 Å². The molecule has 0 fully saturated rings. The van der Waals surface area contributed by atoms with Gasteiger partial charge in [0, 0.05) is 11.6 Å². The normalized spacial score (nSPS) is 12.6. The number of aromatic nitrogens is 1. The Kier molecular flexibility index (Phi) is 2.12. The molecule has 4 rings (SSSR count). The van der Waals surface area contributed by atoms with Crippen LogP contribution in [0.4, 0.5) is 0 Å². The number of benzene rings is 2. The number of pyridine rings is 1. The number of hydrogen-bond acceptors (Lipinski definition) is 1. The molecule has 0 saturated carbocycles. The summed E-state index contributed by atoms with van der Waals surface area (Å²) < 4.78 is 0. The molecule has 2 aromatic carbocycles. The molecular weight excluding hydrogens is 285 g/mol. The van der Waals surface area contributed by atoms with E-state index in [9.17, 15) is 0 Å². The van der Waals surface area contributed by atoms with Gasteiger partial charge in [-0.3, -0.25) is 4.98 Å². The number of rotatable bonds is 0. The third kappa shape index (κ3) is 1.25. The summed E-state index contributed by atoms with van der Waals surface area (Å²) in [5.41, 5.74) is 6.59. The van der Waals surface area contributed by atoms with Crippen LogP contribution in [0.1, 0.15) is 0 Å². The highest BCUT2D eigenvalue weighted by atomic mass is 79.9. The third-order valence-corrected chi connectivity index (χ3v) is 4.58. The van der Waals surface area contributed by atoms with E-state index in [0.29, 0.717) is 0 Å². The highest BCUT2D eigenvalue weighted by Crippen LogP contribution is 2.29.